The van der Waals surface area contributed by atoms with E-state index >= 15 is 0 Å². The third kappa shape index (κ3) is 4.86. The molecule has 1 amide bonds. The van der Waals surface area contributed by atoms with Gasteiger partial charge in [0, 0.05) is 13.2 Å². The lowest BCUT2D eigenvalue weighted by molar-refractivity contribution is -0.134. The van der Waals surface area contributed by atoms with Crippen molar-refractivity contribution in [1.29, 1.82) is 0 Å². The molecule has 0 aromatic heterocycles. The maximum atomic E-state index is 13.2. The minimum absolute atomic E-state index is 0.0987. The van der Waals surface area contributed by atoms with E-state index in [1.54, 1.807) is 14.2 Å². The minimum Gasteiger partial charge on any atom is -0.493 e. The van der Waals surface area contributed by atoms with Gasteiger partial charge in [-0.05, 0) is 48.1 Å². The maximum absolute atomic E-state index is 13.2. The van der Waals surface area contributed by atoms with Gasteiger partial charge in [0.15, 0.2) is 11.5 Å². The van der Waals surface area contributed by atoms with Crippen LogP contribution in [0.5, 0.6) is 11.5 Å². The molecule has 0 bridgehead atoms. The molecule has 2 aromatic rings. The molecule has 166 valence electrons. The Hall–Kier alpha value is -2.57. The number of hydrogen-bond donors (Lipinski definition) is 0. The molecular formula is C25H31NO5. The van der Waals surface area contributed by atoms with Crippen LogP contribution in [0, 0.1) is 0 Å². The Balaban J connectivity index is 1.53. The van der Waals surface area contributed by atoms with Gasteiger partial charge < -0.3 is 23.8 Å². The van der Waals surface area contributed by atoms with Crippen LogP contribution in [0.4, 0.5) is 0 Å². The Morgan fingerprint density at radius 3 is 2.61 bits per heavy atom. The van der Waals surface area contributed by atoms with E-state index in [-0.39, 0.29) is 18.1 Å². The Morgan fingerprint density at radius 2 is 1.90 bits per heavy atom. The van der Waals surface area contributed by atoms with E-state index < -0.39 is 0 Å². The summed E-state index contributed by atoms with van der Waals surface area (Å²) in [5, 5.41) is 0. The topological polar surface area (TPSA) is 57.2 Å². The Kier molecular flexibility index (Phi) is 7.10. The van der Waals surface area contributed by atoms with Crippen molar-refractivity contribution in [3.05, 3.63) is 59.2 Å². The van der Waals surface area contributed by atoms with Crippen molar-refractivity contribution in [2.45, 2.75) is 37.8 Å². The first-order valence-electron chi connectivity index (χ1n) is 11.0. The highest BCUT2D eigenvalue weighted by Crippen LogP contribution is 2.41. The van der Waals surface area contributed by atoms with Crippen molar-refractivity contribution in [1.82, 2.24) is 4.90 Å². The molecule has 2 heterocycles. The predicted molar refractivity (Wildman–Crippen MR) is 118 cm³/mol. The Morgan fingerprint density at radius 1 is 1.13 bits per heavy atom. The Bertz CT molecular complexity index is 879. The zero-order valence-electron chi connectivity index (χ0n) is 18.3. The van der Waals surface area contributed by atoms with E-state index in [1.165, 1.54) is 5.56 Å². The van der Waals surface area contributed by atoms with Crippen molar-refractivity contribution in [3.63, 3.8) is 0 Å². The lowest BCUT2D eigenvalue weighted by Crippen LogP contribution is -2.41. The van der Waals surface area contributed by atoms with Crippen molar-refractivity contribution in [3.8, 4) is 11.5 Å². The van der Waals surface area contributed by atoms with Crippen LogP contribution < -0.4 is 9.47 Å². The Labute approximate surface area is 184 Å². The van der Waals surface area contributed by atoms with Gasteiger partial charge >= 0.3 is 0 Å². The average molecular weight is 426 g/mol. The highest BCUT2D eigenvalue weighted by atomic mass is 16.5. The summed E-state index contributed by atoms with van der Waals surface area (Å²) >= 11 is 0. The highest BCUT2D eigenvalue weighted by molar-refractivity contribution is 5.78. The summed E-state index contributed by atoms with van der Waals surface area (Å²) in [5.74, 6) is 1.49. The van der Waals surface area contributed by atoms with Gasteiger partial charge in [-0.2, -0.15) is 0 Å². The SMILES string of the molecule is COc1cc2c(cc1OC)C(c1ccccc1)N(C(=O)CCOCC1CCCO1)CC2. The number of ether oxygens (including phenoxy) is 4. The van der Waals surface area contributed by atoms with Gasteiger partial charge in [-0.25, -0.2) is 0 Å². The number of benzene rings is 2. The standard InChI is InChI=1S/C25H31NO5/c1-28-22-15-19-10-12-26(24(27)11-14-30-17-20-9-6-13-31-20)25(18-7-4-3-5-8-18)21(19)16-23(22)29-2/h3-5,7-8,15-16,20,25H,6,9-14,17H2,1-2H3. The fourth-order valence-corrected chi connectivity index (χ4v) is 4.50. The van der Waals surface area contributed by atoms with Gasteiger partial charge in [-0.1, -0.05) is 30.3 Å². The molecule has 4 rings (SSSR count). The van der Waals surface area contributed by atoms with E-state index in [0.29, 0.717) is 31.9 Å². The molecular weight excluding hydrogens is 394 g/mol. The van der Waals surface area contributed by atoms with Crippen LogP contribution in [0.3, 0.4) is 0 Å². The van der Waals surface area contributed by atoms with Gasteiger partial charge in [0.25, 0.3) is 0 Å². The van der Waals surface area contributed by atoms with Crippen molar-refractivity contribution in [2.24, 2.45) is 0 Å². The summed E-state index contributed by atoms with van der Waals surface area (Å²) in [5.41, 5.74) is 3.36. The first kappa shape index (κ1) is 21.7. The number of hydrogen-bond acceptors (Lipinski definition) is 5. The zero-order valence-corrected chi connectivity index (χ0v) is 18.3. The molecule has 2 aliphatic rings. The van der Waals surface area contributed by atoms with Crippen LogP contribution in [-0.4, -0.2) is 57.5 Å². The van der Waals surface area contributed by atoms with E-state index in [4.69, 9.17) is 18.9 Å². The minimum atomic E-state index is -0.157. The zero-order chi connectivity index (χ0) is 21.6. The largest absolute Gasteiger partial charge is 0.493 e. The first-order valence-corrected chi connectivity index (χ1v) is 11.0. The molecule has 2 aromatic carbocycles. The van der Waals surface area contributed by atoms with Gasteiger partial charge in [0.1, 0.15) is 0 Å². The van der Waals surface area contributed by atoms with Crippen LogP contribution in [-0.2, 0) is 20.7 Å². The molecule has 0 N–H and O–H groups in total. The normalized spacial score (nSPS) is 20.4. The summed E-state index contributed by atoms with van der Waals surface area (Å²) in [7, 11) is 3.28. The lowest BCUT2D eigenvalue weighted by Gasteiger charge is -2.38. The molecule has 2 unspecified atom stereocenters. The number of amides is 1. The number of carbonyl (C=O) groups is 1. The monoisotopic (exact) mass is 425 g/mol. The molecule has 0 aliphatic carbocycles. The lowest BCUT2D eigenvalue weighted by atomic mass is 9.87. The van der Waals surface area contributed by atoms with Gasteiger partial charge in [-0.3, -0.25) is 4.79 Å². The number of rotatable bonds is 8. The third-order valence-corrected chi connectivity index (χ3v) is 6.10. The number of fused-ring (bicyclic) bond motifs is 1. The molecule has 6 heteroatoms. The maximum Gasteiger partial charge on any atom is 0.225 e. The van der Waals surface area contributed by atoms with Crippen LogP contribution >= 0.6 is 0 Å². The van der Waals surface area contributed by atoms with Gasteiger partial charge in [-0.15, -0.1) is 0 Å². The molecule has 0 radical (unpaired) electrons. The van der Waals surface area contributed by atoms with Crippen molar-refractivity contribution < 1.29 is 23.7 Å². The summed E-state index contributed by atoms with van der Waals surface area (Å²) in [6.45, 7) is 2.45. The van der Waals surface area contributed by atoms with Crippen LogP contribution in [0.15, 0.2) is 42.5 Å². The molecule has 31 heavy (non-hydrogen) atoms. The first-order chi connectivity index (χ1) is 15.2. The summed E-state index contributed by atoms with van der Waals surface area (Å²) in [6.07, 6.45) is 3.45. The van der Waals surface area contributed by atoms with Crippen LogP contribution in [0.25, 0.3) is 0 Å². The van der Waals surface area contributed by atoms with Crippen LogP contribution in [0.1, 0.15) is 42.0 Å². The molecule has 1 fully saturated rings. The number of carbonyl (C=O) groups excluding carboxylic acids is 1. The molecule has 2 atom stereocenters. The third-order valence-electron chi connectivity index (χ3n) is 6.10. The van der Waals surface area contributed by atoms with Crippen molar-refractivity contribution in [2.75, 3.05) is 40.6 Å². The average Bonchev–Trinajstić information content (AvgIpc) is 3.34. The molecule has 0 spiro atoms. The molecule has 2 aliphatic heterocycles. The molecule has 6 nitrogen and oxygen atoms in total. The highest BCUT2D eigenvalue weighted by Gasteiger charge is 2.33. The predicted octanol–water partition coefficient (Wildman–Crippen LogP) is 3.76. The second kappa shape index (κ2) is 10.2. The van der Waals surface area contributed by atoms with E-state index in [2.05, 4.69) is 12.1 Å². The number of nitrogens with zero attached hydrogens (tertiary/aromatic N) is 1. The van der Waals surface area contributed by atoms with Gasteiger partial charge in [0.2, 0.25) is 5.91 Å². The fourth-order valence-electron chi connectivity index (χ4n) is 4.50. The fraction of sp³-hybridized carbons (Fsp3) is 0.480. The van der Waals surface area contributed by atoms with Crippen molar-refractivity contribution >= 4 is 5.91 Å². The van der Waals surface area contributed by atoms with Gasteiger partial charge in [0.05, 0.1) is 46.0 Å². The molecule has 0 saturated carbocycles. The van der Waals surface area contributed by atoms with E-state index in [1.807, 2.05) is 35.2 Å². The summed E-state index contributed by atoms with van der Waals surface area (Å²) in [6, 6.07) is 14.1. The van der Waals surface area contributed by atoms with E-state index in [0.717, 1.165) is 42.7 Å². The molecule has 1 saturated heterocycles. The smallest absolute Gasteiger partial charge is 0.225 e. The number of methoxy groups -OCH3 is 2. The van der Waals surface area contributed by atoms with Crippen LogP contribution in [0.2, 0.25) is 0 Å². The second-order valence-electron chi connectivity index (χ2n) is 8.02. The van der Waals surface area contributed by atoms with E-state index in [9.17, 15) is 4.79 Å². The summed E-state index contributed by atoms with van der Waals surface area (Å²) < 4.78 is 22.4. The second-order valence-corrected chi connectivity index (χ2v) is 8.02. The quantitative estimate of drug-likeness (QED) is 0.603. The summed E-state index contributed by atoms with van der Waals surface area (Å²) in [4.78, 5) is 15.2.